The fourth-order valence-electron chi connectivity index (χ4n) is 3.44. The number of carbonyl (C=O) groups is 1. The summed E-state index contributed by atoms with van der Waals surface area (Å²) in [4.78, 5) is 10.5. The molecule has 0 aliphatic carbocycles. The number of carboxylic acids is 1. The third-order valence-corrected chi connectivity index (χ3v) is 5.19. The number of hydrogen-bond acceptors (Lipinski definition) is 3. The monoisotopic (exact) mass is 390 g/mol. The normalized spacial score (nSPS) is 10.8. The molecule has 0 aromatic heterocycles. The van der Waals surface area contributed by atoms with E-state index in [1.807, 2.05) is 24.3 Å². The van der Waals surface area contributed by atoms with Gasteiger partial charge in [-0.2, -0.15) is 0 Å². The van der Waals surface area contributed by atoms with E-state index in [-0.39, 0.29) is 6.54 Å². The zero-order chi connectivity index (χ0) is 20.3. The van der Waals surface area contributed by atoms with Crippen LogP contribution < -0.4 is 10.6 Å². The molecule has 0 fully saturated rings. The minimum atomic E-state index is -0.847. The van der Waals surface area contributed by atoms with Crippen LogP contribution in [0.25, 0.3) is 0 Å². The van der Waals surface area contributed by atoms with Gasteiger partial charge in [-0.1, -0.05) is 90.4 Å². The lowest BCUT2D eigenvalue weighted by Crippen LogP contribution is -2.12. The van der Waals surface area contributed by atoms with Crippen LogP contribution in [0.1, 0.15) is 96.8 Å². The van der Waals surface area contributed by atoms with Gasteiger partial charge in [-0.25, -0.2) is 0 Å². The molecule has 0 heterocycles. The van der Waals surface area contributed by atoms with E-state index in [0.717, 1.165) is 17.9 Å². The number of anilines is 2. The van der Waals surface area contributed by atoms with E-state index in [1.54, 1.807) is 0 Å². The maximum absolute atomic E-state index is 10.5. The quantitative estimate of drug-likeness (QED) is 0.221. The summed E-state index contributed by atoms with van der Waals surface area (Å²) < 4.78 is 0. The molecule has 0 aliphatic rings. The summed E-state index contributed by atoms with van der Waals surface area (Å²) in [6, 6.07) is 7.81. The first-order chi connectivity index (χ1) is 13.7. The molecule has 3 N–H and O–H groups in total. The standard InChI is InChI=1S/C24H42N2O2/c1-2-3-4-5-6-7-8-9-10-11-12-13-14-15-20-25-22-16-18-23(19-17-22)26-21-24(27)28/h16-19,25-26H,2-15,20-21H2,1H3,(H,27,28). The summed E-state index contributed by atoms with van der Waals surface area (Å²) in [6.07, 6.45) is 19.4. The fourth-order valence-corrected chi connectivity index (χ4v) is 3.44. The zero-order valence-corrected chi connectivity index (χ0v) is 18.0. The first-order valence-corrected chi connectivity index (χ1v) is 11.5. The highest BCUT2D eigenvalue weighted by atomic mass is 16.4. The number of benzene rings is 1. The van der Waals surface area contributed by atoms with Crippen LogP contribution >= 0.6 is 0 Å². The third kappa shape index (κ3) is 14.4. The molecule has 1 rings (SSSR count). The molecule has 0 saturated carbocycles. The maximum atomic E-state index is 10.5. The van der Waals surface area contributed by atoms with Crippen LogP contribution in [0.5, 0.6) is 0 Å². The van der Waals surface area contributed by atoms with E-state index in [9.17, 15) is 4.79 Å². The van der Waals surface area contributed by atoms with Crippen LogP contribution in [0, 0.1) is 0 Å². The third-order valence-electron chi connectivity index (χ3n) is 5.19. The second kappa shape index (κ2) is 17.4. The Hall–Kier alpha value is -1.71. The van der Waals surface area contributed by atoms with Crippen LogP contribution in [0.3, 0.4) is 0 Å². The number of aliphatic carboxylic acids is 1. The van der Waals surface area contributed by atoms with E-state index in [0.29, 0.717) is 0 Å². The number of carboxylic acid groups (broad SMARTS) is 1. The van der Waals surface area contributed by atoms with Crippen LogP contribution in [0.4, 0.5) is 11.4 Å². The topological polar surface area (TPSA) is 61.4 Å². The fraction of sp³-hybridized carbons (Fsp3) is 0.708. The molecule has 0 unspecified atom stereocenters. The van der Waals surface area contributed by atoms with E-state index >= 15 is 0 Å². The van der Waals surface area contributed by atoms with Gasteiger partial charge in [0.2, 0.25) is 0 Å². The predicted molar refractivity (Wildman–Crippen MR) is 121 cm³/mol. The smallest absolute Gasteiger partial charge is 0.322 e. The van der Waals surface area contributed by atoms with E-state index < -0.39 is 5.97 Å². The number of nitrogens with one attached hydrogen (secondary N) is 2. The molecule has 28 heavy (non-hydrogen) atoms. The Morgan fingerprint density at radius 2 is 1.07 bits per heavy atom. The summed E-state index contributed by atoms with van der Waals surface area (Å²) in [5.41, 5.74) is 1.93. The highest BCUT2D eigenvalue weighted by molar-refractivity contribution is 5.73. The van der Waals surface area contributed by atoms with Crippen molar-refractivity contribution in [1.29, 1.82) is 0 Å². The van der Waals surface area contributed by atoms with Crippen molar-refractivity contribution >= 4 is 17.3 Å². The molecule has 0 aliphatic heterocycles. The van der Waals surface area contributed by atoms with Gasteiger partial charge in [0.25, 0.3) is 0 Å². The van der Waals surface area contributed by atoms with Crippen molar-refractivity contribution in [3.05, 3.63) is 24.3 Å². The Morgan fingerprint density at radius 1 is 0.679 bits per heavy atom. The Labute approximate surface area is 172 Å². The molecule has 0 bridgehead atoms. The Kier molecular flexibility index (Phi) is 15.1. The Balaban J connectivity index is 1.85. The second-order valence-electron chi connectivity index (χ2n) is 7.85. The Bertz CT molecular complexity index is 488. The lowest BCUT2D eigenvalue weighted by molar-refractivity contribution is -0.134. The molecule has 1 aromatic rings. The SMILES string of the molecule is CCCCCCCCCCCCCCCCNc1ccc(NCC(=O)O)cc1. The van der Waals surface area contributed by atoms with Gasteiger partial charge >= 0.3 is 5.97 Å². The average molecular weight is 391 g/mol. The summed E-state index contributed by atoms with van der Waals surface area (Å²) in [5, 5.41) is 15.0. The van der Waals surface area contributed by atoms with Crippen molar-refractivity contribution in [2.45, 2.75) is 96.8 Å². The molecular weight excluding hydrogens is 348 g/mol. The lowest BCUT2D eigenvalue weighted by atomic mass is 10.0. The number of hydrogen-bond donors (Lipinski definition) is 3. The van der Waals surface area contributed by atoms with Crippen LogP contribution in [-0.2, 0) is 4.79 Å². The Morgan fingerprint density at radius 3 is 1.50 bits per heavy atom. The summed E-state index contributed by atoms with van der Waals surface area (Å²) in [5.74, 6) is -0.847. The summed E-state index contributed by atoms with van der Waals surface area (Å²) >= 11 is 0. The van der Waals surface area contributed by atoms with Gasteiger partial charge in [-0.3, -0.25) is 4.79 Å². The zero-order valence-electron chi connectivity index (χ0n) is 18.0. The molecule has 0 atom stereocenters. The minimum Gasteiger partial charge on any atom is -0.480 e. The van der Waals surface area contributed by atoms with Crippen LogP contribution in [-0.4, -0.2) is 24.2 Å². The van der Waals surface area contributed by atoms with Crippen molar-refractivity contribution in [2.75, 3.05) is 23.7 Å². The van der Waals surface area contributed by atoms with Gasteiger partial charge in [-0.15, -0.1) is 0 Å². The predicted octanol–water partition coefficient (Wildman–Crippen LogP) is 7.08. The number of rotatable bonds is 19. The molecule has 4 heteroatoms. The van der Waals surface area contributed by atoms with Crippen LogP contribution in [0.15, 0.2) is 24.3 Å². The second-order valence-corrected chi connectivity index (χ2v) is 7.85. The van der Waals surface area contributed by atoms with Crippen molar-refractivity contribution < 1.29 is 9.90 Å². The first-order valence-electron chi connectivity index (χ1n) is 11.5. The molecule has 4 nitrogen and oxygen atoms in total. The molecule has 1 aromatic carbocycles. The lowest BCUT2D eigenvalue weighted by Gasteiger charge is -2.08. The highest BCUT2D eigenvalue weighted by Crippen LogP contribution is 2.15. The van der Waals surface area contributed by atoms with Crippen molar-refractivity contribution in [2.24, 2.45) is 0 Å². The average Bonchev–Trinajstić information content (AvgIpc) is 2.70. The van der Waals surface area contributed by atoms with E-state index in [2.05, 4.69) is 17.6 Å². The minimum absolute atomic E-state index is 0.0498. The molecular formula is C24H42N2O2. The molecule has 0 amide bonds. The van der Waals surface area contributed by atoms with Gasteiger partial charge in [0, 0.05) is 17.9 Å². The van der Waals surface area contributed by atoms with Gasteiger partial charge in [-0.05, 0) is 30.7 Å². The molecule has 0 radical (unpaired) electrons. The van der Waals surface area contributed by atoms with Gasteiger partial charge < -0.3 is 15.7 Å². The molecule has 0 spiro atoms. The van der Waals surface area contributed by atoms with Gasteiger partial charge in [0.15, 0.2) is 0 Å². The van der Waals surface area contributed by atoms with E-state index in [4.69, 9.17) is 5.11 Å². The molecule has 0 saturated heterocycles. The largest absolute Gasteiger partial charge is 0.480 e. The maximum Gasteiger partial charge on any atom is 0.322 e. The molecule has 160 valence electrons. The first kappa shape index (κ1) is 24.3. The van der Waals surface area contributed by atoms with Gasteiger partial charge in [0.05, 0.1) is 0 Å². The summed E-state index contributed by atoms with van der Waals surface area (Å²) in [7, 11) is 0. The summed E-state index contributed by atoms with van der Waals surface area (Å²) in [6.45, 7) is 3.23. The van der Waals surface area contributed by atoms with Gasteiger partial charge in [0.1, 0.15) is 6.54 Å². The van der Waals surface area contributed by atoms with Crippen molar-refractivity contribution in [3.8, 4) is 0 Å². The number of unbranched alkanes of at least 4 members (excludes halogenated alkanes) is 13. The van der Waals surface area contributed by atoms with Crippen LogP contribution in [0.2, 0.25) is 0 Å². The van der Waals surface area contributed by atoms with E-state index in [1.165, 1.54) is 89.9 Å². The van der Waals surface area contributed by atoms with Crippen molar-refractivity contribution in [1.82, 2.24) is 0 Å². The highest BCUT2D eigenvalue weighted by Gasteiger charge is 1.98. The van der Waals surface area contributed by atoms with Crippen molar-refractivity contribution in [3.63, 3.8) is 0 Å².